The molecule has 3 aromatic rings. The molecule has 0 atom stereocenters. The lowest BCUT2D eigenvalue weighted by atomic mass is 10.0. The van der Waals surface area contributed by atoms with E-state index >= 15 is 0 Å². The van der Waals surface area contributed by atoms with Crippen molar-refractivity contribution in [1.82, 2.24) is 4.57 Å². The molecule has 0 radical (unpaired) electrons. The average Bonchev–Trinajstić information content (AvgIpc) is 2.92. The number of hydrogen-bond acceptors (Lipinski definition) is 3. The molecule has 2 aromatic carbocycles. The highest BCUT2D eigenvalue weighted by Gasteiger charge is 2.17. The maximum Gasteiger partial charge on any atom is 0.305 e. The van der Waals surface area contributed by atoms with Crippen LogP contribution < -0.4 is 4.74 Å². The van der Waals surface area contributed by atoms with E-state index in [0.29, 0.717) is 12.8 Å². The van der Waals surface area contributed by atoms with E-state index in [2.05, 4.69) is 35.9 Å². The molecule has 0 aliphatic rings. The second kappa shape index (κ2) is 6.79. The maximum absolute atomic E-state index is 11.6. The molecule has 0 bridgehead atoms. The van der Waals surface area contributed by atoms with Crippen LogP contribution in [-0.2, 0) is 23.0 Å². The number of fused-ring (bicyclic) bond motifs is 1. The van der Waals surface area contributed by atoms with E-state index in [1.54, 1.807) is 7.11 Å². The molecule has 0 N–H and O–H groups in total. The molecule has 3 rings (SSSR count). The fourth-order valence-electron chi connectivity index (χ4n) is 3.17. The summed E-state index contributed by atoms with van der Waals surface area (Å²) in [4.78, 5) is 11.6. The summed E-state index contributed by atoms with van der Waals surface area (Å²) in [6.45, 7) is 0. The van der Waals surface area contributed by atoms with Crippen LogP contribution in [0.3, 0.4) is 0 Å². The third-order valence-electron chi connectivity index (χ3n) is 4.38. The van der Waals surface area contributed by atoms with Crippen molar-refractivity contribution in [2.24, 2.45) is 7.05 Å². The standard InChI is InChI=1S/C20H21NO3/c1-21-18-7-5-4-6-16(18)17(12-13-19(22)24-3)20(21)14-8-10-15(23-2)11-9-14/h4-11H,12-13H2,1-3H3. The van der Waals surface area contributed by atoms with Crippen molar-refractivity contribution < 1.29 is 14.3 Å². The zero-order valence-corrected chi connectivity index (χ0v) is 14.2. The van der Waals surface area contributed by atoms with Gasteiger partial charge in [-0.25, -0.2) is 0 Å². The number of methoxy groups -OCH3 is 2. The minimum Gasteiger partial charge on any atom is -0.497 e. The number of ether oxygens (including phenoxy) is 2. The fourth-order valence-corrected chi connectivity index (χ4v) is 3.17. The van der Waals surface area contributed by atoms with Gasteiger partial charge in [0.05, 0.1) is 19.9 Å². The highest BCUT2D eigenvalue weighted by Crippen LogP contribution is 2.34. The van der Waals surface area contributed by atoms with Gasteiger partial charge in [0.1, 0.15) is 5.75 Å². The number of aryl methyl sites for hydroxylation is 2. The monoisotopic (exact) mass is 323 g/mol. The van der Waals surface area contributed by atoms with Crippen LogP contribution in [0.2, 0.25) is 0 Å². The molecule has 0 spiro atoms. The van der Waals surface area contributed by atoms with Gasteiger partial charge in [0.2, 0.25) is 0 Å². The molecule has 24 heavy (non-hydrogen) atoms. The van der Waals surface area contributed by atoms with Gasteiger partial charge in [-0.15, -0.1) is 0 Å². The molecule has 0 saturated carbocycles. The SMILES string of the molecule is COC(=O)CCc1c(-c2ccc(OC)cc2)n(C)c2ccccc12. The molecule has 1 aromatic heterocycles. The summed E-state index contributed by atoms with van der Waals surface area (Å²) in [7, 11) is 5.15. The van der Waals surface area contributed by atoms with Crippen LogP contribution in [0.15, 0.2) is 48.5 Å². The van der Waals surface area contributed by atoms with Crippen LogP contribution in [0.4, 0.5) is 0 Å². The molecular weight excluding hydrogens is 302 g/mol. The number of para-hydroxylation sites is 1. The minimum atomic E-state index is -0.191. The van der Waals surface area contributed by atoms with Gasteiger partial charge >= 0.3 is 5.97 Å². The number of hydrogen-bond donors (Lipinski definition) is 0. The van der Waals surface area contributed by atoms with Gasteiger partial charge in [0.25, 0.3) is 0 Å². The number of carbonyl (C=O) groups is 1. The Kier molecular flexibility index (Phi) is 4.56. The minimum absolute atomic E-state index is 0.191. The number of nitrogens with zero attached hydrogens (tertiary/aromatic N) is 1. The lowest BCUT2D eigenvalue weighted by Crippen LogP contribution is -2.03. The maximum atomic E-state index is 11.6. The van der Waals surface area contributed by atoms with Crippen molar-refractivity contribution in [1.29, 1.82) is 0 Å². The van der Waals surface area contributed by atoms with Gasteiger partial charge in [-0.1, -0.05) is 18.2 Å². The molecule has 0 amide bonds. The van der Waals surface area contributed by atoms with Crippen molar-refractivity contribution in [2.75, 3.05) is 14.2 Å². The van der Waals surface area contributed by atoms with Crippen molar-refractivity contribution in [3.63, 3.8) is 0 Å². The van der Waals surface area contributed by atoms with Crippen LogP contribution in [0.5, 0.6) is 5.75 Å². The smallest absolute Gasteiger partial charge is 0.305 e. The van der Waals surface area contributed by atoms with Gasteiger partial charge in [-0.05, 0) is 47.9 Å². The van der Waals surface area contributed by atoms with Crippen LogP contribution in [0.1, 0.15) is 12.0 Å². The predicted octanol–water partition coefficient (Wildman–Crippen LogP) is 3.96. The zero-order valence-electron chi connectivity index (χ0n) is 14.2. The predicted molar refractivity (Wildman–Crippen MR) is 95.2 cm³/mol. The highest BCUT2D eigenvalue weighted by atomic mass is 16.5. The molecule has 4 heteroatoms. The molecule has 0 aliphatic carbocycles. The van der Waals surface area contributed by atoms with Crippen molar-refractivity contribution in [2.45, 2.75) is 12.8 Å². The van der Waals surface area contributed by atoms with Crippen molar-refractivity contribution in [3.8, 4) is 17.0 Å². The van der Waals surface area contributed by atoms with Crippen LogP contribution in [0.25, 0.3) is 22.2 Å². The van der Waals surface area contributed by atoms with Gasteiger partial charge in [0, 0.05) is 24.4 Å². The Labute approximate surface area is 141 Å². The molecule has 1 heterocycles. The first-order valence-electron chi connectivity index (χ1n) is 7.93. The summed E-state index contributed by atoms with van der Waals surface area (Å²) in [6.07, 6.45) is 1.02. The second-order valence-corrected chi connectivity index (χ2v) is 5.71. The van der Waals surface area contributed by atoms with Gasteiger partial charge in [-0.2, -0.15) is 0 Å². The first-order chi connectivity index (χ1) is 11.7. The zero-order chi connectivity index (χ0) is 17.1. The van der Waals surface area contributed by atoms with E-state index in [1.165, 1.54) is 18.1 Å². The van der Waals surface area contributed by atoms with Crippen LogP contribution in [-0.4, -0.2) is 24.8 Å². The fraction of sp³-hybridized carbons (Fsp3) is 0.250. The average molecular weight is 323 g/mol. The van der Waals surface area contributed by atoms with E-state index in [4.69, 9.17) is 9.47 Å². The van der Waals surface area contributed by atoms with Crippen LogP contribution in [0, 0.1) is 0 Å². The number of rotatable bonds is 5. The third-order valence-corrected chi connectivity index (χ3v) is 4.38. The quantitative estimate of drug-likeness (QED) is 0.667. The Hall–Kier alpha value is -2.75. The van der Waals surface area contributed by atoms with Gasteiger partial charge in [0.15, 0.2) is 0 Å². The summed E-state index contributed by atoms with van der Waals surface area (Å²) in [5.41, 5.74) is 4.56. The largest absolute Gasteiger partial charge is 0.497 e. The van der Waals surface area contributed by atoms with Crippen molar-refractivity contribution >= 4 is 16.9 Å². The van der Waals surface area contributed by atoms with Crippen molar-refractivity contribution in [3.05, 3.63) is 54.1 Å². The topological polar surface area (TPSA) is 40.5 Å². The Balaban J connectivity index is 2.13. The first kappa shape index (κ1) is 16.1. The summed E-state index contributed by atoms with van der Waals surface area (Å²) >= 11 is 0. The highest BCUT2D eigenvalue weighted by molar-refractivity contribution is 5.92. The molecular formula is C20H21NO3. The number of benzene rings is 2. The second-order valence-electron chi connectivity index (χ2n) is 5.71. The summed E-state index contributed by atoms with van der Waals surface area (Å²) < 4.78 is 12.2. The molecule has 4 nitrogen and oxygen atoms in total. The van der Waals surface area contributed by atoms with E-state index < -0.39 is 0 Å². The number of carbonyl (C=O) groups excluding carboxylic acids is 1. The van der Waals surface area contributed by atoms with Gasteiger partial charge < -0.3 is 14.0 Å². The van der Waals surface area contributed by atoms with Crippen LogP contribution >= 0.6 is 0 Å². The number of aromatic nitrogens is 1. The summed E-state index contributed by atoms with van der Waals surface area (Å²) in [5, 5.41) is 1.18. The Morgan fingerprint density at radius 1 is 1.04 bits per heavy atom. The first-order valence-corrected chi connectivity index (χ1v) is 7.93. The van der Waals surface area contributed by atoms with Gasteiger partial charge in [-0.3, -0.25) is 4.79 Å². The lowest BCUT2D eigenvalue weighted by molar-refractivity contribution is -0.140. The Bertz CT molecular complexity index is 862. The lowest BCUT2D eigenvalue weighted by Gasteiger charge is -2.09. The van der Waals surface area contributed by atoms with E-state index in [9.17, 15) is 4.79 Å². The van der Waals surface area contributed by atoms with E-state index in [1.807, 2.05) is 24.3 Å². The summed E-state index contributed by atoms with van der Waals surface area (Å²) in [5.74, 6) is 0.636. The molecule has 0 aliphatic heterocycles. The molecule has 124 valence electrons. The number of esters is 1. The Morgan fingerprint density at radius 3 is 2.42 bits per heavy atom. The Morgan fingerprint density at radius 2 is 1.75 bits per heavy atom. The molecule has 0 saturated heterocycles. The normalized spacial score (nSPS) is 10.8. The van der Waals surface area contributed by atoms with E-state index in [-0.39, 0.29) is 5.97 Å². The molecule has 0 fully saturated rings. The third kappa shape index (κ3) is 2.87. The molecule has 0 unspecified atom stereocenters. The van der Waals surface area contributed by atoms with E-state index in [0.717, 1.165) is 22.5 Å². The summed E-state index contributed by atoms with van der Waals surface area (Å²) in [6, 6.07) is 16.3.